The molecule has 2 N–H and O–H groups in total. The molecule has 0 spiro atoms. The van der Waals surface area contributed by atoms with E-state index in [0.717, 1.165) is 12.0 Å². The van der Waals surface area contributed by atoms with Crippen molar-refractivity contribution in [1.82, 2.24) is 0 Å². The average molecular weight is 327 g/mol. The average Bonchev–Trinajstić information content (AvgIpc) is 2.63. The van der Waals surface area contributed by atoms with Crippen LogP contribution in [0.2, 0.25) is 0 Å². The van der Waals surface area contributed by atoms with E-state index < -0.39 is 0 Å². The summed E-state index contributed by atoms with van der Waals surface area (Å²) in [7, 11) is 2.95. The maximum absolute atomic E-state index is 9.91. The summed E-state index contributed by atoms with van der Waals surface area (Å²) in [6.07, 6.45) is 4.91. The van der Waals surface area contributed by atoms with Gasteiger partial charge in [0, 0.05) is 0 Å². The van der Waals surface area contributed by atoms with Crippen LogP contribution in [0.1, 0.15) is 17.5 Å². The predicted octanol–water partition coefficient (Wildman–Crippen LogP) is 3.89. The van der Waals surface area contributed by atoms with E-state index in [9.17, 15) is 10.3 Å². The molecule has 0 radical (unpaired) electrons. The maximum atomic E-state index is 9.91. The first-order valence-corrected chi connectivity index (χ1v) is 7.56. The minimum Gasteiger partial charge on any atom is -0.502 e. The smallest absolute Gasteiger partial charge is 0.200 e. The van der Waals surface area contributed by atoms with Gasteiger partial charge in [0.1, 0.15) is 0 Å². The summed E-state index contributed by atoms with van der Waals surface area (Å²) in [6.45, 7) is 0. The molecule has 0 bridgehead atoms. The molecular formula is C19H21NO4. The highest BCUT2D eigenvalue weighted by molar-refractivity contribution is 5.98. The number of phenols is 1. The van der Waals surface area contributed by atoms with Crippen LogP contribution in [0, 0.1) is 0 Å². The summed E-state index contributed by atoms with van der Waals surface area (Å²) in [5.41, 5.74) is 2.51. The van der Waals surface area contributed by atoms with E-state index in [4.69, 9.17) is 9.47 Å². The lowest BCUT2D eigenvalue weighted by molar-refractivity contribution is 0.318. The molecule has 24 heavy (non-hydrogen) atoms. The monoisotopic (exact) mass is 327 g/mol. The summed E-state index contributed by atoms with van der Waals surface area (Å²) >= 11 is 0. The van der Waals surface area contributed by atoms with Crippen molar-refractivity contribution in [3.8, 4) is 17.2 Å². The number of hydrogen-bond acceptors (Lipinski definition) is 5. The largest absolute Gasteiger partial charge is 0.502 e. The summed E-state index contributed by atoms with van der Waals surface area (Å²) in [5, 5.41) is 22.4. The first-order valence-electron chi connectivity index (χ1n) is 7.56. The molecular weight excluding hydrogens is 306 g/mol. The molecule has 2 rings (SSSR count). The lowest BCUT2D eigenvalue weighted by Gasteiger charge is -2.09. The van der Waals surface area contributed by atoms with E-state index in [2.05, 4.69) is 5.16 Å². The molecule has 5 nitrogen and oxygen atoms in total. The van der Waals surface area contributed by atoms with E-state index in [1.165, 1.54) is 19.8 Å². The van der Waals surface area contributed by atoms with Crippen molar-refractivity contribution >= 4 is 11.8 Å². The van der Waals surface area contributed by atoms with Gasteiger partial charge in [0.2, 0.25) is 5.75 Å². The molecule has 0 aliphatic carbocycles. The number of aromatic hydroxyl groups is 1. The second-order valence-corrected chi connectivity index (χ2v) is 5.18. The molecule has 2 aromatic carbocycles. The molecule has 0 aliphatic heterocycles. The van der Waals surface area contributed by atoms with Gasteiger partial charge in [-0.15, -0.1) is 0 Å². The summed E-state index contributed by atoms with van der Waals surface area (Å²) in [5.74, 6) is 0.596. The van der Waals surface area contributed by atoms with Crippen molar-refractivity contribution in [2.75, 3.05) is 14.2 Å². The quantitative estimate of drug-likeness (QED) is 0.460. The zero-order valence-electron chi connectivity index (χ0n) is 13.8. The Labute approximate surface area is 141 Å². The van der Waals surface area contributed by atoms with E-state index in [1.54, 1.807) is 24.3 Å². The van der Waals surface area contributed by atoms with Crippen LogP contribution >= 0.6 is 0 Å². The highest BCUT2D eigenvalue weighted by Crippen LogP contribution is 2.37. The topological polar surface area (TPSA) is 71.3 Å². The van der Waals surface area contributed by atoms with Crippen LogP contribution in [0.3, 0.4) is 0 Å². The Hall–Kier alpha value is -2.95. The number of benzene rings is 2. The Bertz CT molecular complexity index is 698. The zero-order chi connectivity index (χ0) is 17.4. The third-order valence-corrected chi connectivity index (χ3v) is 3.61. The molecule has 0 amide bonds. The first kappa shape index (κ1) is 17.4. The highest BCUT2D eigenvalue weighted by Gasteiger charge is 2.10. The third-order valence-electron chi connectivity index (χ3n) is 3.61. The Morgan fingerprint density at radius 2 is 1.71 bits per heavy atom. The van der Waals surface area contributed by atoms with Gasteiger partial charge in [-0.3, -0.25) is 0 Å². The Balaban J connectivity index is 2.10. The number of hydrogen-bond donors (Lipinski definition) is 2. The van der Waals surface area contributed by atoms with Crippen LogP contribution in [-0.4, -0.2) is 30.2 Å². The molecule has 0 fully saturated rings. The SMILES string of the molecule is COc1cc(/C=C/C(CCc2ccccc2)=N/O)cc(OC)c1O. The summed E-state index contributed by atoms with van der Waals surface area (Å²) < 4.78 is 10.2. The van der Waals surface area contributed by atoms with Crippen LogP contribution in [-0.2, 0) is 6.42 Å². The van der Waals surface area contributed by atoms with Crippen molar-refractivity contribution in [1.29, 1.82) is 0 Å². The van der Waals surface area contributed by atoms with Crippen LogP contribution in [0.25, 0.3) is 6.08 Å². The van der Waals surface area contributed by atoms with Gasteiger partial charge < -0.3 is 19.8 Å². The van der Waals surface area contributed by atoms with E-state index >= 15 is 0 Å². The number of oxime groups is 1. The fourth-order valence-corrected chi connectivity index (χ4v) is 2.29. The third kappa shape index (κ3) is 4.52. The van der Waals surface area contributed by atoms with Crippen molar-refractivity contribution in [3.05, 3.63) is 59.7 Å². The van der Waals surface area contributed by atoms with Crippen molar-refractivity contribution in [2.24, 2.45) is 5.16 Å². The molecule has 0 unspecified atom stereocenters. The summed E-state index contributed by atoms with van der Waals surface area (Å²) in [4.78, 5) is 0. The van der Waals surface area contributed by atoms with Gasteiger partial charge in [0.25, 0.3) is 0 Å². The predicted molar refractivity (Wildman–Crippen MR) is 94.2 cm³/mol. The second kappa shape index (κ2) is 8.62. The first-order chi connectivity index (χ1) is 11.7. The number of ether oxygens (including phenoxy) is 2. The number of aryl methyl sites for hydroxylation is 1. The Kier molecular flexibility index (Phi) is 6.25. The molecule has 0 saturated heterocycles. The number of allylic oxidation sites excluding steroid dienone is 1. The fraction of sp³-hybridized carbons (Fsp3) is 0.211. The highest BCUT2D eigenvalue weighted by atomic mass is 16.5. The molecule has 0 heterocycles. The van der Waals surface area contributed by atoms with Gasteiger partial charge in [0.15, 0.2) is 11.5 Å². The lowest BCUT2D eigenvalue weighted by Crippen LogP contribution is -1.97. The van der Waals surface area contributed by atoms with Crippen LogP contribution in [0.4, 0.5) is 0 Å². The molecule has 5 heteroatoms. The molecule has 0 aromatic heterocycles. The number of phenolic OH excluding ortho intramolecular Hbond substituents is 1. The van der Waals surface area contributed by atoms with Crippen molar-refractivity contribution in [3.63, 3.8) is 0 Å². The lowest BCUT2D eigenvalue weighted by atomic mass is 10.1. The van der Waals surface area contributed by atoms with Gasteiger partial charge >= 0.3 is 0 Å². The van der Waals surface area contributed by atoms with Gasteiger partial charge in [-0.1, -0.05) is 41.6 Å². The number of methoxy groups -OCH3 is 2. The van der Waals surface area contributed by atoms with Gasteiger partial charge in [0.05, 0.1) is 19.9 Å². The van der Waals surface area contributed by atoms with Crippen LogP contribution in [0.15, 0.2) is 53.7 Å². The minimum atomic E-state index is -0.0442. The van der Waals surface area contributed by atoms with E-state index in [0.29, 0.717) is 23.6 Å². The van der Waals surface area contributed by atoms with Crippen LogP contribution < -0.4 is 9.47 Å². The van der Waals surface area contributed by atoms with Crippen molar-refractivity contribution in [2.45, 2.75) is 12.8 Å². The molecule has 0 aliphatic rings. The van der Waals surface area contributed by atoms with Gasteiger partial charge in [-0.2, -0.15) is 0 Å². The Morgan fingerprint density at radius 1 is 1.08 bits per heavy atom. The standard InChI is InChI=1S/C19H21NO4/c1-23-17-12-15(13-18(24-2)19(17)21)9-11-16(20-22)10-8-14-6-4-3-5-7-14/h3-7,9,11-13,21-22H,8,10H2,1-2H3/b11-9+,20-16+. The van der Waals surface area contributed by atoms with Crippen LogP contribution in [0.5, 0.6) is 17.2 Å². The fourth-order valence-electron chi connectivity index (χ4n) is 2.29. The second-order valence-electron chi connectivity index (χ2n) is 5.18. The molecule has 126 valence electrons. The van der Waals surface area contributed by atoms with Crippen molar-refractivity contribution < 1.29 is 19.8 Å². The molecule has 0 saturated carbocycles. The van der Waals surface area contributed by atoms with E-state index in [1.807, 2.05) is 30.3 Å². The maximum Gasteiger partial charge on any atom is 0.200 e. The number of nitrogens with zero attached hydrogens (tertiary/aromatic N) is 1. The zero-order valence-corrected chi connectivity index (χ0v) is 13.8. The van der Waals surface area contributed by atoms with E-state index in [-0.39, 0.29) is 5.75 Å². The van der Waals surface area contributed by atoms with Gasteiger partial charge in [-0.25, -0.2) is 0 Å². The Morgan fingerprint density at radius 3 is 2.25 bits per heavy atom. The molecule has 2 aromatic rings. The summed E-state index contributed by atoms with van der Waals surface area (Å²) in [6, 6.07) is 13.4. The minimum absolute atomic E-state index is 0.0442. The normalized spacial score (nSPS) is 11.7. The molecule has 0 atom stereocenters. The van der Waals surface area contributed by atoms with Gasteiger partial charge in [-0.05, 0) is 42.2 Å². The number of rotatable bonds is 7.